The van der Waals surface area contributed by atoms with E-state index in [9.17, 15) is 4.79 Å². The quantitative estimate of drug-likeness (QED) is 0.912. The van der Waals surface area contributed by atoms with Crippen LogP contribution in [0.2, 0.25) is 0 Å². The summed E-state index contributed by atoms with van der Waals surface area (Å²) in [6.45, 7) is 0.623. The Labute approximate surface area is 113 Å². The molecule has 0 radical (unpaired) electrons. The first-order chi connectivity index (χ1) is 8.66. The minimum Gasteiger partial charge on any atom is -0.380 e. The number of carbonyl (C=O) groups is 1. The Hall–Kier alpha value is -1.88. The van der Waals surface area contributed by atoms with Crippen LogP contribution in [0.3, 0.4) is 0 Å². The third kappa shape index (κ3) is 3.07. The van der Waals surface area contributed by atoms with Crippen molar-refractivity contribution in [2.75, 3.05) is 5.32 Å². The van der Waals surface area contributed by atoms with Crippen LogP contribution >= 0.6 is 15.9 Å². The van der Waals surface area contributed by atoms with Gasteiger partial charge in [0.25, 0.3) is 5.91 Å². The maximum Gasteiger partial charge on any atom is 0.252 e. The highest BCUT2D eigenvalue weighted by Gasteiger charge is 2.07. The lowest BCUT2D eigenvalue weighted by Gasteiger charge is -2.09. The predicted octanol–water partition coefficient (Wildman–Crippen LogP) is 2.56. The number of carbonyl (C=O) groups excluding carboxylic acids is 1. The smallest absolute Gasteiger partial charge is 0.252 e. The molecule has 1 heterocycles. The van der Waals surface area contributed by atoms with Crippen molar-refractivity contribution in [1.29, 1.82) is 0 Å². The van der Waals surface area contributed by atoms with Crippen molar-refractivity contribution in [2.24, 2.45) is 5.73 Å². The highest BCUT2D eigenvalue weighted by molar-refractivity contribution is 9.10. The Morgan fingerprint density at radius 1 is 1.28 bits per heavy atom. The number of benzene rings is 1. The predicted molar refractivity (Wildman–Crippen MR) is 74.2 cm³/mol. The van der Waals surface area contributed by atoms with E-state index in [0.717, 1.165) is 10.0 Å². The molecular weight excluding hydrogens is 294 g/mol. The number of amides is 1. The van der Waals surface area contributed by atoms with Gasteiger partial charge in [0.1, 0.15) is 0 Å². The van der Waals surface area contributed by atoms with Crippen LogP contribution in [0.25, 0.3) is 0 Å². The van der Waals surface area contributed by atoms with E-state index in [1.165, 1.54) is 6.20 Å². The minimum absolute atomic E-state index is 0.398. The molecule has 18 heavy (non-hydrogen) atoms. The van der Waals surface area contributed by atoms with Crippen LogP contribution in [0.15, 0.2) is 47.2 Å². The number of pyridine rings is 1. The first kappa shape index (κ1) is 12.6. The molecule has 1 aromatic heterocycles. The summed E-state index contributed by atoms with van der Waals surface area (Å²) in [4.78, 5) is 15.1. The highest BCUT2D eigenvalue weighted by Crippen LogP contribution is 2.15. The average Bonchev–Trinajstić information content (AvgIpc) is 2.38. The second-order valence-electron chi connectivity index (χ2n) is 3.77. The van der Waals surface area contributed by atoms with Crippen LogP contribution in [-0.4, -0.2) is 10.9 Å². The van der Waals surface area contributed by atoms with Crippen molar-refractivity contribution in [2.45, 2.75) is 6.54 Å². The van der Waals surface area contributed by atoms with Gasteiger partial charge in [-0.15, -0.1) is 0 Å². The van der Waals surface area contributed by atoms with E-state index in [1.807, 2.05) is 24.3 Å². The zero-order valence-electron chi connectivity index (χ0n) is 9.56. The standard InChI is InChI=1S/C13H12BrN3O/c14-10-3-1-9(2-4-10)7-17-12-5-6-16-8-11(12)13(15)18/h1-6,8H,7H2,(H2,15,18)(H,16,17). The molecule has 1 aromatic carbocycles. The molecule has 0 aliphatic heterocycles. The van der Waals surface area contributed by atoms with Gasteiger partial charge in [-0.25, -0.2) is 0 Å². The molecule has 1 amide bonds. The Morgan fingerprint density at radius 2 is 2.00 bits per heavy atom. The van der Waals surface area contributed by atoms with E-state index in [2.05, 4.69) is 26.2 Å². The van der Waals surface area contributed by atoms with Gasteiger partial charge in [-0.3, -0.25) is 9.78 Å². The van der Waals surface area contributed by atoms with Crippen LogP contribution in [-0.2, 0) is 6.54 Å². The summed E-state index contributed by atoms with van der Waals surface area (Å²) < 4.78 is 1.04. The first-order valence-electron chi connectivity index (χ1n) is 5.39. The summed E-state index contributed by atoms with van der Waals surface area (Å²) in [5.74, 6) is -0.485. The summed E-state index contributed by atoms with van der Waals surface area (Å²) >= 11 is 3.38. The third-order valence-electron chi connectivity index (χ3n) is 2.48. The average molecular weight is 306 g/mol. The third-order valence-corrected chi connectivity index (χ3v) is 3.01. The lowest BCUT2D eigenvalue weighted by atomic mass is 10.2. The van der Waals surface area contributed by atoms with E-state index in [-0.39, 0.29) is 0 Å². The van der Waals surface area contributed by atoms with Crippen LogP contribution in [0.5, 0.6) is 0 Å². The molecule has 5 heteroatoms. The summed E-state index contributed by atoms with van der Waals surface area (Å²) in [7, 11) is 0. The topological polar surface area (TPSA) is 68.0 Å². The van der Waals surface area contributed by atoms with Crippen LogP contribution in [0.4, 0.5) is 5.69 Å². The van der Waals surface area contributed by atoms with E-state index < -0.39 is 5.91 Å². The van der Waals surface area contributed by atoms with Gasteiger partial charge in [0.2, 0.25) is 0 Å². The number of nitrogens with one attached hydrogen (secondary N) is 1. The SMILES string of the molecule is NC(=O)c1cnccc1NCc1ccc(Br)cc1. The molecular formula is C13H12BrN3O. The van der Waals surface area contributed by atoms with E-state index in [1.54, 1.807) is 12.3 Å². The molecule has 3 N–H and O–H groups in total. The normalized spacial score (nSPS) is 10.1. The fourth-order valence-corrected chi connectivity index (χ4v) is 1.81. The summed E-state index contributed by atoms with van der Waals surface area (Å²) in [5.41, 5.74) is 7.49. The van der Waals surface area contributed by atoms with E-state index in [4.69, 9.17) is 5.73 Å². The fraction of sp³-hybridized carbons (Fsp3) is 0.0769. The molecule has 0 fully saturated rings. The Morgan fingerprint density at radius 3 is 2.67 bits per heavy atom. The molecule has 2 rings (SSSR count). The Balaban J connectivity index is 2.10. The maximum absolute atomic E-state index is 11.2. The lowest BCUT2D eigenvalue weighted by Crippen LogP contribution is -2.14. The number of hydrogen-bond donors (Lipinski definition) is 2. The fourth-order valence-electron chi connectivity index (χ4n) is 1.54. The molecule has 0 bridgehead atoms. The number of nitrogens with two attached hydrogens (primary N) is 1. The first-order valence-corrected chi connectivity index (χ1v) is 6.18. The second-order valence-corrected chi connectivity index (χ2v) is 4.68. The van der Waals surface area contributed by atoms with Gasteiger partial charge in [-0.2, -0.15) is 0 Å². The van der Waals surface area contributed by atoms with Crippen molar-refractivity contribution in [3.63, 3.8) is 0 Å². The van der Waals surface area contributed by atoms with E-state index >= 15 is 0 Å². The van der Waals surface area contributed by atoms with Crippen molar-refractivity contribution >= 4 is 27.5 Å². The molecule has 0 aliphatic carbocycles. The largest absolute Gasteiger partial charge is 0.380 e. The van der Waals surface area contributed by atoms with Crippen molar-refractivity contribution in [3.8, 4) is 0 Å². The molecule has 0 atom stereocenters. The molecule has 92 valence electrons. The van der Waals surface area contributed by atoms with Crippen LogP contribution in [0, 0.1) is 0 Å². The summed E-state index contributed by atoms with van der Waals surface area (Å²) in [6.07, 6.45) is 3.09. The number of hydrogen-bond acceptors (Lipinski definition) is 3. The van der Waals surface area contributed by atoms with Crippen molar-refractivity contribution in [3.05, 3.63) is 58.3 Å². The zero-order valence-corrected chi connectivity index (χ0v) is 11.1. The van der Waals surface area contributed by atoms with Gasteiger partial charge in [-0.05, 0) is 23.8 Å². The number of rotatable bonds is 4. The number of nitrogens with zero attached hydrogens (tertiary/aromatic N) is 1. The number of anilines is 1. The summed E-state index contributed by atoms with van der Waals surface area (Å²) in [6, 6.07) is 9.68. The molecule has 0 unspecified atom stereocenters. The monoisotopic (exact) mass is 305 g/mol. The Kier molecular flexibility index (Phi) is 3.94. The molecule has 0 aliphatic rings. The van der Waals surface area contributed by atoms with Crippen molar-refractivity contribution < 1.29 is 4.79 Å². The van der Waals surface area contributed by atoms with Gasteiger partial charge in [0.15, 0.2) is 0 Å². The molecule has 4 nitrogen and oxygen atoms in total. The van der Waals surface area contributed by atoms with Crippen LogP contribution in [0.1, 0.15) is 15.9 Å². The summed E-state index contributed by atoms with van der Waals surface area (Å²) in [5, 5.41) is 3.17. The minimum atomic E-state index is -0.485. The molecule has 0 saturated heterocycles. The highest BCUT2D eigenvalue weighted by atomic mass is 79.9. The van der Waals surface area contributed by atoms with Gasteiger partial charge in [0.05, 0.1) is 11.3 Å². The Bertz CT molecular complexity index is 554. The maximum atomic E-state index is 11.2. The molecule has 0 saturated carbocycles. The van der Waals surface area contributed by atoms with Gasteiger partial charge >= 0.3 is 0 Å². The van der Waals surface area contributed by atoms with Gasteiger partial charge < -0.3 is 11.1 Å². The van der Waals surface area contributed by atoms with Gasteiger partial charge in [-0.1, -0.05) is 28.1 Å². The van der Waals surface area contributed by atoms with Crippen molar-refractivity contribution in [1.82, 2.24) is 4.98 Å². The number of aromatic nitrogens is 1. The molecule has 0 spiro atoms. The van der Waals surface area contributed by atoms with Gasteiger partial charge in [0, 0.05) is 23.4 Å². The van der Waals surface area contributed by atoms with E-state index in [0.29, 0.717) is 17.8 Å². The number of halogens is 1. The molecule has 2 aromatic rings. The van der Waals surface area contributed by atoms with Crippen LogP contribution < -0.4 is 11.1 Å². The zero-order chi connectivity index (χ0) is 13.0. The second kappa shape index (κ2) is 5.64. The lowest BCUT2D eigenvalue weighted by molar-refractivity contribution is 0.100. The number of primary amides is 1.